The standard InChI is InChI=1S/C14H14F2N4O3S/c1-13(7-3-6(20(22)23)4-8(15)10(7)16)9-5-14(9,11(21)18-2)24-12(17)19-13/h3-4,9H,5H2,1-2H3,(H2,17,19)(H,18,21)/t9?,13-,14+/m1/s1. The number of hydrogen-bond donors (Lipinski definition) is 2. The zero-order valence-corrected chi connectivity index (χ0v) is 13.6. The van der Waals surface area contributed by atoms with Crippen LogP contribution in [0.5, 0.6) is 0 Å². The molecule has 1 aliphatic carbocycles. The molecule has 0 aromatic heterocycles. The summed E-state index contributed by atoms with van der Waals surface area (Å²) < 4.78 is 27.3. The number of amidine groups is 1. The number of carbonyl (C=O) groups excluding carboxylic acids is 1. The van der Waals surface area contributed by atoms with Gasteiger partial charge in [-0.2, -0.15) is 0 Å². The highest BCUT2D eigenvalue weighted by atomic mass is 32.2. The average molecular weight is 356 g/mol. The van der Waals surface area contributed by atoms with Gasteiger partial charge in [0.05, 0.1) is 16.5 Å². The predicted molar refractivity (Wildman–Crippen MR) is 84.5 cm³/mol. The summed E-state index contributed by atoms with van der Waals surface area (Å²) in [7, 11) is 1.47. The van der Waals surface area contributed by atoms with Gasteiger partial charge in [-0.05, 0) is 13.3 Å². The summed E-state index contributed by atoms with van der Waals surface area (Å²) in [6, 6.07) is 1.48. The van der Waals surface area contributed by atoms with Gasteiger partial charge in [-0.25, -0.2) is 8.78 Å². The van der Waals surface area contributed by atoms with Crippen LogP contribution in [0.1, 0.15) is 18.9 Å². The summed E-state index contributed by atoms with van der Waals surface area (Å²) in [5.41, 5.74) is 3.60. The molecule has 128 valence electrons. The molecule has 0 spiro atoms. The Balaban J connectivity index is 2.17. The Bertz CT molecular complexity index is 802. The molecule has 3 rings (SSSR count). The minimum Gasteiger partial charge on any atom is -0.378 e. The number of carbonyl (C=O) groups is 1. The molecule has 1 saturated carbocycles. The summed E-state index contributed by atoms with van der Waals surface area (Å²) >= 11 is 1.08. The molecule has 0 saturated heterocycles. The first-order chi connectivity index (χ1) is 11.2. The number of rotatable bonds is 3. The third-order valence-electron chi connectivity index (χ3n) is 4.60. The van der Waals surface area contributed by atoms with Gasteiger partial charge < -0.3 is 11.1 Å². The number of non-ortho nitro benzene ring substituents is 1. The molecule has 1 aromatic carbocycles. The number of hydrogen-bond acceptors (Lipinski definition) is 6. The van der Waals surface area contributed by atoms with Crippen molar-refractivity contribution in [2.75, 3.05) is 7.05 Å². The molecule has 1 heterocycles. The van der Waals surface area contributed by atoms with Crippen LogP contribution in [-0.2, 0) is 10.3 Å². The largest absolute Gasteiger partial charge is 0.378 e. The van der Waals surface area contributed by atoms with Crippen LogP contribution in [0.15, 0.2) is 17.1 Å². The van der Waals surface area contributed by atoms with Crippen molar-refractivity contribution in [2.45, 2.75) is 23.6 Å². The van der Waals surface area contributed by atoms with E-state index in [2.05, 4.69) is 10.3 Å². The second-order valence-electron chi connectivity index (χ2n) is 5.97. The number of aliphatic imine (C=N–C) groups is 1. The highest BCUT2D eigenvalue weighted by Gasteiger charge is 2.70. The normalized spacial score (nSPS) is 31.0. The average Bonchev–Trinajstić information content (AvgIpc) is 3.25. The van der Waals surface area contributed by atoms with Gasteiger partial charge >= 0.3 is 0 Å². The number of benzene rings is 1. The lowest BCUT2D eigenvalue weighted by atomic mass is 9.85. The van der Waals surface area contributed by atoms with Gasteiger partial charge in [0.1, 0.15) is 4.75 Å². The number of thioether (sulfide) groups is 1. The van der Waals surface area contributed by atoms with Crippen molar-refractivity contribution in [3.05, 3.63) is 39.4 Å². The lowest BCUT2D eigenvalue weighted by Crippen LogP contribution is -2.43. The Labute approximate surface area is 139 Å². The summed E-state index contributed by atoms with van der Waals surface area (Å²) in [5.74, 6) is -3.28. The van der Waals surface area contributed by atoms with Crippen LogP contribution in [0.2, 0.25) is 0 Å². The number of nitro benzene ring substituents is 1. The van der Waals surface area contributed by atoms with E-state index in [0.29, 0.717) is 12.5 Å². The molecule has 7 nitrogen and oxygen atoms in total. The van der Waals surface area contributed by atoms with E-state index in [1.54, 1.807) is 0 Å². The lowest BCUT2D eigenvalue weighted by molar-refractivity contribution is -0.385. The number of halogens is 2. The summed E-state index contributed by atoms with van der Waals surface area (Å²) in [5, 5.41) is 13.6. The Kier molecular flexibility index (Phi) is 3.55. The molecule has 1 unspecified atom stereocenters. The molecule has 2 aliphatic rings. The molecule has 24 heavy (non-hydrogen) atoms. The van der Waals surface area contributed by atoms with Gasteiger partial charge in [0.2, 0.25) is 5.91 Å². The van der Waals surface area contributed by atoms with Crippen molar-refractivity contribution >= 4 is 28.5 Å². The van der Waals surface area contributed by atoms with Crippen molar-refractivity contribution < 1.29 is 18.5 Å². The van der Waals surface area contributed by atoms with Crippen molar-refractivity contribution in [1.82, 2.24) is 5.32 Å². The number of fused-ring (bicyclic) bond motifs is 1. The molecule has 0 bridgehead atoms. The minimum absolute atomic E-state index is 0.0566. The molecule has 1 aliphatic heterocycles. The van der Waals surface area contributed by atoms with E-state index in [-0.39, 0.29) is 16.6 Å². The fourth-order valence-corrected chi connectivity index (χ4v) is 4.76. The number of nitrogens with zero attached hydrogens (tertiary/aromatic N) is 2. The quantitative estimate of drug-likeness (QED) is 0.632. The molecule has 0 radical (unpaired) electrons. The van der Waals surface area contributed by atoms with Crippen molar-refractivity contribution in [3.63, 3.8) is 0 Å². The Morgan fingerprint density at radius 3 is 2.79 bits per heavy atom. The van der Waals surface area contributed by atoms with Gasteiger partial charge in [0.15, 0.2) is 16.8 Å². The van der Waals surface area contributed by atoms with Crippen LogP contribution in [0.4, 0.5) is 14.5 Å². The van der Waals surface area contributed by atoms with E-state index < -0.39 is 38.4 Å². The maximum atomic E-state index is 14.4. The second-order valence-corrected chi connectivity index (χ2v) is 7.32. The van der Waals surface area contributed by atoms with Crippen LogP contribution < -0.4 is 11.1 Å². The number of amides is 1. The van der Waals surface area contributed by atoms with Crippen molar-refractivity contribution in [2.24, 2.45) is 16.6 Å². The highest BCUT2D eigenvalue weighted by Crippen LogP contribution is 2.66. The summed E-state index contributed by atoms with van der Waals surface area (Å²) in [6.07, 6.45) is 0.363. The number of nitrogens with one attached hydrogen (secondary N) is 1. The zero-order chi connectivity index (χ0) is 17.9. The smallest absolute Gasteiger partial charge is 0.272 e. The zero-order valence-electron chi connectivity index (χ0n) is 12.8. The van der Waals surface area contributed by atoms with Crippen LogP contribution in [0.3, 0.4) is 0 Å². The van der Waals surface area contributed by atoms with Gasteiger partial charge in [-0.3, -0.25) is 19.9 Å². The first kappa shape index (κ1) is 16.6. The van der Waals surface area contributed by atoms with E-state index >= 15 is 0 Å². The van der Waals surface area contributed by atoms with E-state index in [1.165, 1.54) is 14.0 Å². The van der Waals surface area contributed by atoms with Gasteiger partial charge in [-0.1, -0.05) is 11.8 Å². The summed E-state index contributed by atoms with van der Waals surface area (Å²) in [4.78, 5) is 26.6. The second kappa shape index (κ2) is 5.13. The maximum Gasteiger partial charge on any atom is 0.272 e. The van der Waals surface area contributed by atoms with Crippen LogP contribution >= 0.6 is 11.8 Å². The Morgan fingerprint density at radius 1 is 1.54 bits per heavy atom. The van der Waals surface area contributed by atoms with E-state index in [9.17, 15) is 23.7 Å². The molecule has 1 amide bonds. The Hall–Kier alpha value is -2.23. The molecule has 10 heteroatoms. The van der Waals surface area contributed by atoms with Gasteiger partial charge in [-0.15, -0.1) is 0 Å². The van der Waals surface area contributed by atoms with Gasteiger partial charge in [0.25, 0.3) is 5.69 Å². The topological polar surface area (TPSA) is 111 Å². The summed E-state index contributed by atoms with van der Waals surface area (Å²) in [6.45, 7) is 1.51. The molecular weight excluding hydrogens is 342 g/mol. The SMILES string of the molecule is CNC(=O)[C@]12CC1[C@@](C)(c1cc([N+](=O)[O-])cc(F)c1F)N=C(N)S2. The van der Waals surface area contributed by atoms with E-state index in [4.69, 9.17) is 5.73 Å². The third-order valence-corrected chi connectivity index (χ3v) is 5.90. The monoisotopic (exact) mass is 356 g/mol. The van der Waals surface area contributed by atoms with Crippen molar-refractivity contribution in [1.29, 1.82) is 0 Å². The first-order valence-corrected chi connectivity index (χ1v) is 7.88. The van der Waals surface area contributed by atoms with Crippen molar-refractivity contribution in [3.8, 4) is 0 Å². The molecule has 1 aromatic rings. The fourth-order valence-electron chi connectivity index (χ4n) is 3.33. The fraction of sp³-hybridized carbons (Fsp3) is 0.429. The predicted octanol–water partition coefficient (Wildman–Crippen LogP) is 1.65. The molecule has 3 N–H and O–H groups in total. The van der Waals surface area contributed by atoms with Crippen LogP contribution in [-0.4, -0.2) is 27.8 Å². The number of nitro groups is 1. The number of nitrogens with two attached hydrogens (primary N) is 1. The Morgan fingerprint density at radius 2 is 2.21 bits per heavy atom. The molecular formula is C14H14F2N4O3S. The highest BCUT2D eigenvalue weighted by molar-refractivity contribution is 8.15. The lowest BCUT2D eigenvalue weighted by Gasteiger charge is -2.33. The molecule has 1 fully saturated rings. The third kappa shape index (κ3) is 2.16. The van der Waals surface area contributed by atoms with E-state index in [1.807, 2.05) is 0 Å². The van der Waals surface area contributed by atoms with Crippen LogP contribution in [0, 0.1) is 27.7 Å². The maximum absolute atomic E-state index is 14.4. The molecule has 3 atom stereocenters. The van der Waals surface area contributed by atoms with Gasteiger partial charge in [0, 0.05) is 24.6 Å². The first-order valence-electron chi connectivity index (χ1n) is 7.06. The van der Waals surface area contributed by atoms with E-state index in [0.717, 1.165) is 17.8 Å². The van der Waals surface area contributed by atoms with Crippen LogP contribution in [0.25, 0.3) is 0 Å². The minimum atomic E-state index is -1.36.